The lowest BCUT2D eigenvalue weighted by Crippen LogP contribution is -2.43. The summed E-state index contributed by atoms with van der Waals surface area (Å²) < 4.78 is 11.3. The van der Waals surface area contributed by atoms with Gasteiger partial charge in [0.25, 0.3) is 11.5 Å². The van der Waals surface area contributed by atoms with E-state index in [1.54, 1.807) is 33.8 Å². The zero-order valence-corrected chi connectivity index (χ0v) is 21.9. The monoisotopic (exact) mass is 527 g/mol. The molecule has 0 spiro atoms. The number of anilines is 1. The number of nitrogens with one attached hydrogen (secondary N) is 3. The topological polar surface area (TPSA) is 162 Å². The zero-order valence-electron chi connectivity index (χ0n) is 21.9. The number of aryl methyl sites for hydroxylation is 1. The van der Waals surface area contributed by atoms with Crippen molar-refractivity contribution in [2.24, 2.45) is 5.92 Å². The first-order valence-corrected chi connectivity index (χ1v) is 12.5. The van der Waals surface area contributed by atoms with Crippen LogP contribution in [0.25, 0.3) is 0 Å². The number of carbonyl (C=O) groups is 4. The quantitative estimate of drug-likeness (QED) is 0.295. The van der Waals surface area contributed by atoms with Crippen LogP contribution in [0.4, 0.5) is 5.69 Å². The van der Waals surface area contributed by atoms with Gasteiger partial charge in [0.2, 0.25) is 11.8 Å². The van der Waals surface area contributed by atoms with E-state index < -0.39 is 35.4 Å². The Kier molecular flexibility index (Phi) is 9.58. The van der Waals surface area contributed by atoms with E-state index in [9.17, 15) is 24.0 Å². The van der Waals surface area contributed by atoms with Crippen molar-refractivity contribution in [1.29, 1.82) is 0 Å². The molecule has 12 heteroatoms. The Morgan fingerprint density at radius 3 is 2.68 bits per heavy atom. The molecule has 3 atom stereocenters. The zero-order chi connectivity index (χ0) is 27.8. The van der Waals surface area contributed by atoms with Gasteiger partial charge in [-0.1, -0.05) is 18.2 Å². The molecule has 0 bridgehead atoms. The fourth-order valence-electron chi connectivity index (χ4n) is 4.13. The molecule has 3 amide bonds. The number of amides is 3. The van der Waals surface area contributed by atoms with Crippen molar-refractivity contribution in [3.05, 3.63) is 58.4 Å². The Morgan fingerprint density at radius 2 is 2.08 bits per heavy atom. The third-order valence-electron chi connectivity index (χ3n) is 5.95. The number of nitrogens with zero attached hydrogens (tertiary/aromatic N) is 2. The first-order chi connectivity index (χ1) is 18.1. The smallest absolute Gasteiger partial charge is 0.330 e. The van der Waals surface area contributed by atoms with Gasteiger partial charge < -0.3 is 29.8 Å². The maximum absolute atomic E-state index is 13.3. The van der Waals surface area contributed by atoms with Crippen LogP contribution >= 0.6 is 0 Å². The van der Waals surface area contributed by atoms with Crippen LogP contribution in [0, 0.1) is 12.8 Å². The average molecular weight is 528 g/mol. The predicted molar refractivity (Wildman–Crippen MR) is 137 cm³/mol. The number of hydrogen-bond donors (Lipinski definition) is 3. The SMILES string of the molecule is CCC(C(=O)NC(C=CC(=O)OC(C)C)CC1CCNC1=O)n1cccc(NC(=O)c2cc(C)on2)c1=O. The van der Waals surface area contributed by atoms with Crippen LogP contribution in [0.1, 0.15) is 62.3 Å². The first kappa shape index (κ1) is 28.4. The fourth-order valence-corrected chi connectivity index (χ4v) is 4.13. The standard InChI is InChI=1S/C26H33N5O7/c1-5-21(31-12-6-7-19(26(31)36)29-24(34)20-13-16(4)38-30-20)25(35)28-18(8-9-22(32)37-15(2)3)14-17-10-11-27-23(17)33/h6-9,12-13,15,17-18,21H,5,10-11,14H2,1-4H3,(H,27,33)(H,28,35)(H,29,34). The van der Waals surface area contributed by atoms with Gasteiger partial charge in [-0.25, -0.2) is 4.79 Å². The van der Waals surface area contributed by atoms with E-state index in [1.165, 1.54) is 35.0 Å². The van der Waals surface area contributed by atoms with E-state index in [1.807, 2.05) is 0 Å². The van der Waals surface area contributed by atoms with Gasteiger partial charge in [0.1, 0.15) is 17.5 Å². The number of rotatable bonds is 11. The third kappa shape index (κ3) is 7.40. The highest BCUT2D eigenvalue weighted by atomic mass is 16.5. The van der Waals surface area contributed by atoms with Crippen molar-refractivity contribution in [3.63, 3.8) is 0 Å². The van der Waals surface area contributed by atoms with Gasteiger partial charge in [0, 0.05) is 36.8 Å². The average Bonchev–Trinajstić information content (AvgIpc) is 3.47. The number of ether oxygens (including phenoxy) is 1. The Bertz CT molecular complexity index is 1260. The molecule has 1 aliphatic rings. The highest BCUT2D eigenvalue weighted by molar-refractivity contribution is 6.02. The van der Waals surface area contributed by atoms with Gasteiger partial charge in [-0.3, -0.25) is 19.2 Å². The van der Waals surface area contributed by atoms with Crippen LogP contribution in [0.15, 0.2) is 45.9 Å². The summed E-state index contributed by atoms with van der Waals surface area (Å²) in [5.41, 5.74) is -0.589. The second-order valence-corrected chi connectivity index (χ2v) is 9.31. The van der Waals surface area contributed by atoms with E-state index in [-0.39, 0.29) is 42.2 Å². The summed E-state index contributed by atoms with van der Waals surface area (Å²) in [4.78, 5) is 63.1. The summed E-state index contributed by atoms with van der Waals surface area (Å²) >= 11 is 0. The van der Waals surface area contributed by atoms with Crippen molar-refractivity contribution < 1.29 is 28.4 Å². The Hall–Kier alpha value is -4.22. The lowest BCUT2D eigenvalue weighted by Gasteiger charge is -2.23. The highest BCUT2D eigenvalue weighted by Crippen LogP contribution is 2.19. The lowest BCUT2D eigenvalue weighted by molar-refractivity contribution is -0.141. The summed E-state index contributed by atoms with van der Waals surface area (Å²) in [5.74, 6) is -1.66. The second kappa shape index (κ2) is 12.8. The predicted octanol–water partition coefficient (Wildman–Crippen LogP) is 1.87. The summed E-state index contributed by atoms with van der Waals surface area (Å²) in [7, 11) is 0. The van der Waals surface area contributed by atoms with E-state index in [0.29, 0.717) is 18.7 Å². The van der Waals surface area contributed by atoms with Gasteiger partial charge in [0.05, 0.1) is 6.10 Å². The maximum atomic E-state index is 13.3. The first-order valence-electron chi connectivity index (χ1n) is 12.5. The molecular weight excluding hydrogens is 494 g/mol. The van der Waals surface area contributed by atoms with Gasteiger partial charge in [-0.2, -0.15) is 0 Å². The largest absolute Gasteiger partial charge is 0.460 e. The maximum Gasteiger partial charge on any atom is 0.330 e. The van der Waals surface area contributed by atoms with Gasteiger partial charge in [0.15, 0.2) is 5.69 Å². The molecule has 0 saturated carbocycles. The molecule has 2 aromatic rings. The summed E-state index contributed by atoms with van der Waals surface area (Å²) in [6, 6.07) is 2.85. The Morgan fingerprint density at radius 1 is 1.32 bits per heavy atom. The molecule has 1 fully saturated rings. The summed E-state index contributed by atoms with van der Waals surface area (Å²) in [6.45, 7) is 7.37. The Labute approximate surface area is 219 Å². The molecule has 204 valence electrons. The molecule has 3 unspecified atom stereocenters. The van der Waals surface area contributed by atoms with Crippen LogP contribution < -0.4 is 21.5 Å². The molecule has 0 aliphatic carbocycles. The minimum atomic E-state index is -0.912. The van der Waals surface area contributed by atoms with Gasteiger partial charge in [-0.05, 0) is 52.2 Å². The number of hydrogen-bond acceptors (Lipinski definition) is 8. The molecule has 0 aromatic carbocycles. The van der Waals surface area contributed by atoms with E-state index in [2.05, 4.69) is 21.1 Å². The van der Waals surface area contributed by atoms with Crippen LogP contribution in [0.3, 0.4) is 0 Å². The third-order valence-corrected chi connectivity index (χ3v) is 5.95. The molecular formula is C26H33N5O7. The van der Waals surface area contributed by atoms with Crippen LogP contribution in [0.5, 0.6) is 0 Å². The molecule has 3 heterocycles. The summed E-state index contributed by atoms with van der Waals surface area (Å²) in [5, 5.41) is 11.8. The molecule has 1 saturated heterocycles. The van der Waals surface area contributed by atoms with Crippen LogP contribution in [0.2, 0.25) is 0 Å². The van der Waals surface area contributed by atoms with Crippen LogP contribution in [-0.4, -0.2) is 52.1 Å². The Balaban J connectivity index is 1.79. The normalized spacial score (nSPS) is 16.8. The lowest BCUT2D eigenvalue weighted by atomic mass is 9.97. The van der Waals surface area contributed by atoms with Gasteiger partial charge >= 0.3 is 5.97 Å². The fraction of sp³-hybridized carbons (Fsp3) is 0.462. The molecule has 1 aliphatic heterocycles. The van der Waals surface area contributed by atoms with E-state index in [4.69, 9.17) is 9.26 Å². The van der Waals surface area contributed by atoms with Gasteiger partial charge in [-0.15, -0.1) is 0 Å². The number of aromatic nitrogens is 2. The van der Waals surface area contributed by atoms with Crippen molar-refractivity contribution in [1.82, 2.24) is 20.4 Å². The molecule has 3 N–H and O–H groups in total. The summed E-state index contributed by atoms with van der Waals surface area (Å²) in [6.07, 6.45) is 5.04. The molecule has 12 nitrogen and oxygen atoms in total. The minimum absolute atomic E-state index is 0.0173. The minimum Gasteiger partial charge on any atom is -0.460 e. The van der Waals surface area contributed by atoms with E-state index >= 15 is 0 Å². The molecule has 3 rings (SSSR count). The highest BCUT2D eigenvalue weighted by Gasteiger charge is 2.29. The van der Waals surface area contributed by atoms with Crippen molar-refractivity contribution in [2.75, 3.05) is 11.9 Å². The van der Waals surface area contributed by atoms with Crippen LogP contribution in [-0.2, 0) is 19.1 Å². The number of pyridine rings is 1. The molecule has 2 aromatic heterocycles. The number of carbonyl (C=O) groups excluding carboxylic acids is 4. The van der Waals surface area contributed by atoms with Crippen molar-refractivity contribution in [2.45, 2.75) is 65.1 Å². The van der Waals surface area contributed by atoms with E-state index in [0.717, 1.165) is 0 Å². The number of esters is 1. The van der Waals surface area contributed by atoms with Crippen molar-refractivity contribution >= 4 is 29.4 Å². The van der Waals surface area contributed by atoms with Crippen molar-refractivity contribution in [3.8, 4) is 0 Å². The molecule has 0 radical (unpaired) electrons. The second-order valence-electron chi connectivity index (χ2n) is 9.31. The molecule has 38 heavy (non-hydrogen) atoms.